The molecule has 3 heterocycles. The van der Waals surface area contributed by atoms with Crippen molar-refractivity contribution in [3.63, 3.8) is 0 Å². The fourth-order valence-corrected chi connectivity index (χ4v) is 5.45. The summed E-state index contributed by atoms with van der Waals surface area (Å²) < 4.78 is 49.9. The zero-order valence-electron chi connectivity index (χ0n) is 18.8. The van der Waals surface area contributed by atoms with E-state index in [1.165, 1.54) is 10.4 Å². The van der Waals surface area contributed by atoms with Crippen LogP contribution in [0.25, 0.3) is 11.4 Å². The Bertz CT molecular complexity index is 1250. The van der Waals surface area contributed by atoms with E-state index in [2.05, 4.69) is 15.0 Å². The van der Waals surface area contributed by atoms with Gasteiger partial charge in [0, 0.05) is 32.2 Å². The van der Waals surface area contributed by atoms with E-state index in [9.17, 15) is 8.42 Å². The van der Waals surface area contributed by atoms with Gasteiger partial charge in [-0.15, -0.1) is 0 Å². The number of para-hydroxylation sites is 1. The molecule has 0 atom stereocenters. The molecule has 2 aliphatic heterocycles. The maximum Gasteiger partial charge on any atom is 0.243 e. The van der Waals surface area contributed by atoms with Crippen LogP contribution in [0.1, 0.15) is 12.8 Å². The number of piperazine rings is 1. The van der Waals surface area contributed by atoms with E-state index in [0.717, 1.165) is 5.56 Å². The first kappa shape index (κ1) is 22.6. The molecule has 1 saturated heterocycles. The zero-order chi connectivity index (χ0) is 23.5. The molecular formula is C23H26N4O6S. The topological polar surface area (TPSA) is 107 Å². The highest BCUT2D eigenvalue weighted by atomic mass is 32.2. The van der Waals surface area contributed by atoms with Gasteiger partial charge in [0.2, 0.25) is 21.7 Å². The number of sulfonamides is 1. The Morgan fingerprint density at radius 2 is 1.76 bits per heavy atom. The molecule has 2 aromatic carbocycles. The Kier molecular flexibility index (Phi) is 6.40. The molecule has 0 radical (unpaired) electrons. The summed E-state index contributed by atoms with van der Waals surface area (Å²) >= 11 is 0. The number of fused-ring (bicyclic) bond motifs is 1. The van der Waals surface area contributed by atoms with E-state index in [1.807, 2.05) is 31.2 Å². The molecule has 0 bridgehead atoms. The largest absolute Gasteiger partial charge is 0.493 e. The molecule has 180 valence electrons. The number of hydrogen-bond acceptors (Lipinski definition) is 9. The van der Waals surface area contributed by atoms with Gasteiger partial charge in [-0.05, 0) is 31.2 Å². The van der Waals surface area contributed by atoms with Crippen molar-refractivity contribution in [1.29, 1.82) is 0 Å². The Morgan fingerprint density at radius 1 is 1.00 bits per heavy atom. The van der Waals surface area contributed by atoms with Gasteiger partial charge < -0.3 is 18.7 Å². The molecule has 34 heavy (non-hydrogen) atoms. The van der Waals surface area contributed by atoms with Crippen molar-refractivity contribution < 1.29 is 27.2 Å². The highest BCUT2D eigenvalue weighted by molar-refractivity contribution is 7.89. The maximum atomic E-state index is 13.1. The quantitative estimate of drug-likeness (QED) is 0.497. The molecule has 0 aliphatic carbocycles. The first-order valence-electron chi connectivity index (χ1n) is 11.2. The summed E-state index contributed by atoms with van der Waals surface area (Å²) in [4.78, 5) is 6.82. The maximum absolute atomic E-state index is 13.1. The van der Waals surface area contributed by atoms with Crippen molar-refractivity contribution in [2.45, 2.75) is 18.4 Å². The summed E-state index contributed by atoms with van der Waals surface area (Å²) in [6.07, 6.45) is 0. The molecule has 10 nitrogen and oxygen atoms in total. The minimum absolute atomic E-state index is 0.208. The van der Waals surface area contributed by atoms with Gasteiger partial charge in [-0.25, -0.2) is 8.42 Å². The molecule has 0 amide bonds. The number of aromatic nitrogens is 2. The smallest absolute Gasteiger partial charge is 0.243 e. The van der Waals surface area contributed by atoms with E-state index in [1.54, 1.807) is 12.1 Å². The van der Waals surface area contributed by atoms with E-state index in [0.29, 0.717) is 81.5 Å². The molecule has 1 fully saturated rings. The van der Waals surface area contributed by atoms with Crippen molar-refractivity contribution in [3.05, 3.63) is 48.4 Å². The molecule has 11 heteroatoms. The Morgan fingerprint density at radius 3 is 2.56 bits per heavy atom. The minimum Gasteiger partial charge on any atom is -0.493 e. The van der Waals surface area contributed by atoms with Crippen LogP contribution in [0.5, 0.6) is 17.2 Å². The molecule has 2 aliphatic rings. The van der Waals surface area contributed by atoms with E-state index < -0.39 is 10.0 Å². The average Bonchev–Trinajstić information content (AvgIpc) is 3.33. The van der Waals surface area contributed by atoms with Gasteiger partial charge in [0.1, 0.15) is 19.0 Å². The van der Waals surface area contributed by atoms with Gasteiger partial charge in [-0.1, -0.05) is 17.3 Å². The summed E-state index contributed by atoms with van der Waals surface area (Å²) in [7, 11) is -3.63. The predicted molar refractivity (Wildman–Crippen MR) is 122 cm³/mol. The summed E-state index contributed by atoms with van der Waals surface area (Å²) in [5.41, 5.74) is 0.773. The fourth-order valence-electron chi connectivity index (χ4n) is 4.01. The first-order valence-corrected chi connectivity index (χ1v) is 12.7. The van der Waals surface area contributed by atoms with Gasteiger partial charge in [-0.2, -0.15) is 9.29 Å². The Labute approximate surface area is 198 Å². The lowest BCUT2D eigenvalue weighted by Gasteiger charge is -2.33. The number of benzene rings is 2. The minimum atomic E-state index is -3.63. The molecule has 0 unspecified atom stereocenters. The van der Waals surface area contributed by atoms with Crippen LogP contribution in [0.4, 0.5) is 0 Å². The Hall–Kier alpha value is -3.15. The third-order valence-electron chi connectivity index (χ3n) is 5.74. The highest BCUT2D eigenvalue weighted by Gasteiger charge is 2.30. The lowest BCUT2D eigenvalue weighted by atomic mass is 10.2. The van der Waals surface area contributed by atoms with E-state index in [-0.39, 0.29) is 4.90 Å². The second-order valence-electron chi connectivity index (χ2n) is 7.93. The molecular weight excluding hydrogens is 460 g/mol. The van der Waals surface area contributed by atoms with Crippen LogP contribution in [0.2, 0.25) is 0 Å². The van der Waals surface area contributed by atoms with Crippen LogP contribution >= 0.6 is 0 Å². The summed E-state index contributed by atoms with van der Waals surface area (Å²) in [6.45, 7) is 5.62. The molecule has 5 rings (SSSR count). The molecule has 0 spiro atoms. The van der Waals surface area contributed by atoms with Gasteiger partial charge in [-0.3, -0.25) is 4.90 Å². The number of hydrogen-bond donors (Lipinski definition) is 0. The standard InChI is InChI=1S/C23H26N4O6S/c1-2-30-19-6-4-3-5-18(19)23-24-22(33-25-23)16-26-9-11-27(12-10-26)34(28,29)17-7-8-20-21(15-17)32-14-13-31-20/h3-8,15H,2,9-14,16H2,1H3. The third-order valence-corrected chi connectivity index (χ3v) is 7.63. The zero-order valence-corrected chi connectivity index (χ0v) is 19.7. The SMILES string of the molecule is CCOc1ccccc1-c1noc(CN2CCN(S(=O)(=O)c3ccc4c(c3)OCCO4)CC2)n1. The summed E-state index contributed by atoms with van der Waals surface area (Å²) in [6, 6.07) is 12.3. The van der Waals surface area contributed by atoms with Crippen LogP contribution in [0.3, 0.4) is 0 Å². The van der Waals surface area contributed by atoms with Gasteiger partial charge in [0.15, 0.2) is 11.5 Å². The molecule has 3 aromatic rings. The van der Waals surface area contributed by atoms with Crippen LogP contribution < -0.4 is 14.2 Å². The van der Waals surface area contributed by atoms with Crippen molar-refractivity contribution in [1.82, 2.24) is 19.3 Å². The van der Waals surface area contributed by atoms with Crippen LogP contribution in [0, 0.1) is 0 Å². The van der Waals surface area contributed by atoms with Crippen LogP contribution in [-0.2, 0) is 16.6 Å². The van der Waals surface area contributed by atoms with Crippen molar-refractivity contribution in [2.75, 3.05) is 46.0 Å². The van der Waals surface area contributed by atoms with Crippen molar-refractivity contribution in [3.8, 4) is 28.6 Å². The van der Waals surface area contributed by atoms with E-state index in [4.69, 9.17) is 18.7 Å². The fraction of sp³-hybridized carbons (Fsp3) is 0.391. The second-order valence-corrected chi connectivity index (χ2v) is 9.86. The van der Waals surface area contributed by atoms with Gasteiger partial charge in [0.05, 0.1) is 23.6 Å². The molecule has 0 N–H and O–H groups in total. The first-order chi connectivity index (χ1) is 16.5. The van der Waals surface area contributed by atoms with E-state index >= 15 is 0 Å². The van der Waals surface area contributed by atoms with Crippen molar-refractivity contribution >= 4 is 10.0 Å². The Balaban J connectivity index is 1.22. The second kappa shape index (κ2) is 9.61. The highest BCUT2D eigenvalue weighted by Crippen LogP contribution is 2.33. The van der Waals surface area contributed by atoms with Gasteiger partial charge in [0.25, 0.3) is 0 Å². The molecule has 0 saturated carbocycles. The third kappa shape index (κ3) is 4.59. The number of rotatable bonds is 7. The number of ether oxygens (including phenoxy) is 3. The van der Waals surface area contributed by atoms with Crippen molar-refractivity contribution in [2.24, 2.45) is 0 Å². The average molecular weight is 487 g/mol. The van der Waals surface area contributed by atoms with Crippen LogP contribution in [0.15, 0.2) is 51.9 Å². The lowest BCUT2D eigenvalue weighted by Crippen LogP contribution is -2.48. The van der Waals surface area contributed by atoms with Gasteiger partial charge >= 0.3 is 0 Å². The predicted octanol–water partition coefficient (Wildman–Crippen LogP) is 2.41. The number of nitrogens with zero attached hydrogens (tertiary/aromatic N) is 4. The lowest BCUT2D eigenvalue weighted by molar-refractivity contribution is 0.163. The monoisotopic (exact) mass is 486 g/mol. The summed E-state index contributed by atoms with van der Waals surface area (Å²) in [5, 5.41) is 4.10. The summed E-state index contributed by atoms with van der Waals surface area (Å²) in [5.74, 6) is 2.68. The van der Waals surface area contributed by atoms with Crippen LogP contribution in [-0.4, -0.2) is 73.8 Å². The normalized spacial score (nSPS) is 17.0. The molecule has 1 aromatic heterocycles.